The third-order valence-electron chi connectivity index (χ3n) is 3.60. The van der Waals surface area contributed by atoms with Gasteiger partial charge in [0.05, 0.1) is 17.8 Å². The lowest BCUT2D eigenvalue weighted by atomic mass is 10.1. The topological polar surface area (TPSA) is 69.0 Å². The molecule has 0 fully saturated rings. The molecule has 0 saturated carbocycles. The van der Waals surface area contributed by atoms with E-state index >= 15 is 0 Å². The molecule has 1 heterocycles. The number of fused-ring (bicyclic) bond motifs is 1. The number of carbonyl (C=O) groups excluding carboxylic acids is 1. The lowest BCUT2D eigenvalue weighted by molar-refractivity contribution is -0.167. The zero-order valence-electron chi connectivity index (χ0n) is 13.6. The molecule has 136 valence electrons. The van der Waals surface area contributed by atoms with E-state index in [0.717, 1.165) is 0 Å². The predicted octanol–water partition coefficient (Wildman–Crippen LogP) is 3.89. The van der Waals surface area contributed by atoms with Gasteiger partial charge in [-0.25, -0.2) is 0 Å². The summed E-state index contributed by atoms with van der Waals surface area (Å²) < 4.78 is 42.4. The molecule has 2 aromatic carbocycles. The van der Waals surface area contributed by atoms with Crippen molar-refractivity contribution in [3.8, 4) is 11.4 Å². The SMILES string of the molecule is COc1ccc(-n2nc3cc(C)c(NC(=O)C(F)(F)F)cc3n2)cc1Cl. The Balaban J connectivity index is 1.99. The van der Waals surface area contributed by atoms with Gasteiger partial charge in [-0.2, -0.15) is 18.0 Å². The van der Waals surface area contributed by atoms with E-state index in [0.29, 0.717) is 33.1 Å². The van der Waals surface area contributed by atoms with Crippen LogP contribution in [0.3, 0.4) is 0 Å². The van der Waals surface area contributed by atoms with Crippen molar-refractivity contribution in [1.29, 1.82) is 0 Å². The molecule has 0 radical (unpaired) electrons. The quantitative estimate of drug-likeness (QED) is 0.743. The predicted molar refractivity (Wildman–Crippen MR) is 89.8 cm³/mol. The van der Waals surface area contributed by atoms with E-state index in [4.69, 9.17) is 16.3 Å². The third kappa shape index (κ3) is 3.43. The molecule has 1 N–H and O–H groups in total. The summed E-state index contributed by atoms with van der Waals surface area (Å²) in [6.07, 6.45) is -4.97. The first-order chi connectivity index (χ1) is 12.2. The van der Waals surface area contributed by atoms with Crippen LogP contribution < -0.4 is 10.1 Å². The number of nitrogens with zero attached hydrogens (tertiary/aromatic N) is 3. The van der Waals surface area contributed by atoms with Crippen molar-refractivity contribution in [3.63, 3.8) is 0 Å². The zero-order chi connectivity index (χ0) is 19.1. The maximum absolute atomic E-state index is 12.4. The highest BCUT2D eigenvalue weighted by molar-refractivity contribution is 6.32. The van der Waals surface area contributed by atoms with Crippen molar-refractivity contribution in [2.45, 2.75) is 13.1 Å². The number of hydrogen-bond acceptors (Lipinski definition) is 4. The van der Waals surface area contributed by atoms with E-state index in [-0.39, 0.29) is 5.69 Å². The largest absolute Gasteiger partial charge is 0.495 e. The fraction of sp³-hybridized carbons (Fsp3) is 0.188. The molecule has 26 heavy (non-hydrogen) atoms. The molecule has 0 saturated heterocycles. The van der Waals surface area contributed by atoms with Gasteiger partial charge in [0.15, 0.2) is 0 Å². The van der Waals surface area contributed by atoms with E-state index in [1.165, 1.54) is 24.0 Å². The van der Waals surface area contributed by atoms with Crippen LogP contribution in [0.1, 0.15) is 5.56 Å². The smallest absolute Gasteiger partial charge is 0.471 e. The number of benzene rings is 2. The summed E-state index contributed by atoms with van der Waals surface area (Å²) in [6, 6.07) is 7.80. The van der Waals surface area contributed by atoms with Crippen LogP contribution in [0, 0.1) is 6.92 Å². The van der Waals surface area contributed by atoms with Crippen molar-refractivity contribution in [2.75, 3.05) is 12.4 Å². The Morgan fingerprint density at radius 2 is 1.85 bits per heavy atom. The standard InChI is InChI=1S/C16H12ClF3N4O2/c1-8-5-12-13(7-11(8)21-15(25)16(18,19)20)23-24(22-12)9-3-4-14(26-2)10(17)6-9/h3-7H,1-2H3,(H,21,25). The molecule has 0 bridgehead atoms. The molecule has 0 aliphatic carbocycles. The zero-order valence-corrected chi connectivity index (χ0v) is 14.3. The number of anilines is 1. The lowest BCUT2D eigenvalue weighted by Gasteiger charge is -2.09. The van der Waals surface area contributed by atoms with Gasteiger partial charge in [-0.3, -0.25) is 4.79 Å². The second kappa shape index (κ2) is 6.49. The Morgan fingerprint density at radius 3 is 2.42 bits per heavy atom. The average Bonchev–Trinajstić information content (AvgIpc) is 2.96. The number of aromatic nitrogens is 3. The molecule has 1 aromatic heterocycles. The second-order valence-electron chi connectivity index (χ2n) is 5.42. The number of ether oxygens (including phenoxy) is 1. The van der Waals surface area contributed by atoms with Gasteiger partial charge in [-0.05, 0) is 42.8 Å². The highest BCUT2D eigenvalue weighted by atomic mass is 35.5. The maximum Gasteiger partial charge on any atom is 0.471 e. The van der Waals surface area contributed by atoms with Crippen molar-refractivity contribution >= 4 is 34.2 Å². The van der Waals surface area contributed by atoms with Gasteiger partial charge in [0.1, 0.15) is 16.8 Å². The normalized spacial score (nSPS) is 11.6. The van der Waals surface area contributed by atoms with E-state index in [1.54, 1.807) is 25.1 Å². The van der Waals surface area contributed by atoms with Crippen LogP contribution in [-0.2, 0) is 4.79 Å². The average molecular weight is 385 g/mol. The number of alkyl halides is 3. The molecular formula is C16H12ClF3N4O2. The Hall–Kier alpha value is -2.81. The number of amides is 1. The Labute approximate surface area is 150 Å². The highest BCUT2D eigenvalue weighted by Gasteiger charge is 2.38. The van der Waals surface area contributed by atoms with Crippen molar-refractivity contribution in [3.05, 3.63) is 40.9 Å². The minimum Gasteiger partial charge on any atom is -0.495 e. The third-order valence-corrected chi connectivity index (χ3v) is 3.89. The molecule has 0 aliphatic rings. The van der Waals surface area contributed by atoms with Gasteiger partial charge in [-0.1, -0.05) is 11.6 Å². The van der Waals surface area contributed by atoms with E-state index in [1.807, 2.05) is 5.32 Å². The lowest BCUT2D eigenvalue weighted by Crippen LogP contribution is -2.30. The van der Waals surface area contributed by atoms with Crippen LogP contribution in [0.2, 0.25) is 5.02 Å². The number of hydrogen-bond donors (Lipinski definition) is 1. The van der Waals surface area contributed by atoms with Crippen LogP contribution in [0.25, 0.3) is 16.7 Å². The summed E-state index contributed by atoms with van der Waals surface area (Å²) in [7, 11) is 1.49. The summed E-state index contributed by atoms with van der Waals surface area (Å²) in [5.74, 6) is -1.56. The van der Waals surface area contributed by atoms with Gasteiger partial charge in [0.25, 0.3) is 0 Å². The van der Waals surface area contributed by atoms with Crippen molar-refractivity contribution < 1.29 is 22.7 Å². The Kier molecular flexibility index (Phi) is 4.49. The summed E-state index contributed by atoms with van der Waals surface area (Å²) >= 11 is 6.08. The fourth-order valence-electron chi connectivity index (χ4n) is 2.29. The first kappa shape index (κ1) is 18.0. The Bertz CT molecular complexity index is 1000. The first-order valence-electron chi connectivity index (χ1n) is 7.29. The van der Waals surface area contributed by atoms with Crippen LogP contribution in [-0.4, -0.2) is 34.2 Å². The molecule has 1 amide bonds. The van der Waals surface area contributed by atoms with Crippen molar-refractivity contribution in [1.82, 2.24) is 15.0 Å². The molecule has 0 aliphatic heterocycles. The number of aryl methyl sites for hydroxylation is 1. The molecule has 6 nitrogen and oxygen atoms in total. The van der Waals surface area contributed by atoms with Crippen LogP contribution in [0.5, 0.6) is 5.75 Å². The molecule has 0 atom stereocenters. The van der Waals surface area contributed by atoms with Crippen molar-refractivity contribution in [2.24, 2.45) is 0 Å². The number of methoxy groups -OCH3 is 1. The molecule has 0 unspecified atom stereocenters. The number of carbonyl (C=O) groups is 1. The summed E-state index contributed by atoms with van der Waals surface area (Å²) in [5, 5.41) is 10.7. The van der Waals surface area contributed by atoms with Gasteiger partial charge in [0.2, 0.25) is 0 Å². The molecular weight excluding hydrogens is 373 g/mol. The molecule has 0 spiro atoms. The fourth-order valence-corrected chi connectivity index (χ4v) is 2.54. The number of halogens is 4. The first-order valence-corrected chi connectivity index (χ1v) is 7.66. The van der Waals surface area contributed by atoms with Gasteiger partial charge in [-0.15, -0.1) is 10.2 Å². The summed E-state index contributed by atoms with van der Waals surface area (Å²) in [4.78, 5) is 12.4. The second-order valence-corrected chi connectivity index (χ2v) is 5.82. The monoisotopic (exact) mass is 384 g/mol. The van der Waals surface area contributed by atoms with Gasteiger partial charge in [0, 0.05) is 5.69 Å². The van der Waals surface area contributed by atoms with E-state index in [9.17, 15) is 18.0 Å². The minimum absolute atomic E-state index is 0.0136. The maximum atomic E-state index is 12.4. The molecule has 3 aromatic rings. The van der Waals surface area contributed by atoms with E-state index < -0.39 is 12.1 Å². The summed E-state index contributed by atoms with van der Waals surface area (Å²) in [5.41, 5.74) is 1.76. The Morgan fingerprint density at radius 1 is 1.19 bits per heavy atom. The minimum atomic E-state index is -4.97. The van der Waals surface area contributed by atoms with Gasteiger partial charge < -0.3 is 10.1 Å². The van der Waals surface area contributed by atoms with Gasteiger partial charge >= 0.3 is 12.1 Å². The van der Waals surface area contributed by atoms with E-state index in [2.05, 4.69) is 10.2 Å². The van der Waals surface area contributed by atoms with Crippen LogP contribution in [0.4, 0.5) is 18.9 Å². The number of nitrogens with one attached hydrogen (secondary N) is 1. The van der Waals surface area contributed by atoms with Crippen LogP contribution >= 0.6 is 11.6 Å². The number of rotatable bonds is 3. The van der Waals surface area contributed by atoms with Crippen LogP contribution in [0.15, 0.2) is 30.3 Å². The molecule has 3 rings (SSSR count). The molecule has 10 heteroatoms. The highest BCUT2D eigenvalue weighted by Crippen LogP contribution is 2.28. The summed E-state index contributed by atoms with van der Waals surface area (Å²) in [6.45, 7) is 1.56.